The van der Waals surface area contributed by atoms with Gasteiger partial charge in [0.1, 0.15) is 17.2 Å². The molecule has 4 aromatic rings. The molecule has 0 bridgehead atoms. The van der Waals surface area contributed by atoms with E-state index in [-0.39, 0.29) is 17.8 Å². The summed E-state index contributed by atoms with van der Waals surface area (Å²) in [4.78, 5) is 37.3. The number of nitrogens with two attached hydrogens (primary N) is 1. The summed E-state index contributed by atoms with van der Waals surface area (Å²) in [6.07, 6.45) is -2.37. The third-order valence-corrected chi connectivity index (χ3v) is 5.77. The Labute approximate surface area is 196 Å². The predicted molar refractivity (Wildman–Crippen MR) is 121 cm³/mol. The molecule has 35 heavy (non-hydrogen) atoms. The molecule has 3 N–H and O–H groups in total. The number of carbonyl (C=O) groups is 1. The van der Waals surface area contributed by atoms with E-state index in [0.29, 0.717) is 30.1 Å². The van der Waals surface area contributed by atoms with Crippen molar-refractivity contribution in [3.63, 3.8) is 0 Å². The van der Waals surface area contributed by atoms with Gasteiger partial charge >= 0.3 is 6.18 Å². The minimum Gasteiger partial charge on any atom is -0.383 e. The number of fused-ring (bicyclic) bond motifs is 3. The number of benzene rings is 1. The maximum absolute atomic E-state index is 13.3. The van der Waals surface area contributed by atoms with Crippen molar-refractivity contribution in [2.45, 2.75) is 25.9 Å². The van der Waals surface area contributed by atoms with E-state index >= 15 is 0 Å². The number of hydrogen-bond acceptors (Lipinski definition) is 6. The Morgan fingerprint density at radius 3 is 2.66 bits per heavy atom. The number of alkyl halides is 3. The van der Waals surface area contributed by atoms with Crippen molar-refractivity contribution in [1.82, 2.24) is 15.0 Å². The molecule has 178 valence electrons. The maximum atomic E-state index is 13.3. The van der Waals surface area contributed by atoms with Crippen molar-refractivity contribution in [3.05, 3.63) is 93.2 Å². The smallest absolute Gasteiger partial charge is 0.383 e. The van der Waals surface area contributed by atoms with E-state index in [1.807, 2.05) is 6.07 Å². The van der Waals surface area contributed by atoms with E-state index in [1.54, 1.807) is 18.2 Å². The van der Waals surface area contributed by atoms with Gasteiger partial charge in [-0.15, -0.1) is 0 Å². The molecule has 1 aromatic carbocycles. The number of hydrogen-bond donors (Lipinski definition) is 2. The number of H-pyrrole nitrogens is 1. The molecule has 8 nitrogen and oxygen atoms in total. The van der Waals surface area contributed by atoms with Gasteiger partial charge in [-0.25, -0.2) is 4.98 Å². The summed E-state index contributed by atoms with van der Waals surface area (Å²) in [6, 6.07) is 10.2. The zero-order valence-electron chi connectivity index (χ0n) is 18.1. The molecule has 1 aliphatic rings. The number of nitrogens with one attached hydrogen (secondary N) is 1. The van der Waals surface area contributed by atoms with Gasteiger partial charge in [-0.1, -0.05) is 12.1 Å². The van der Waals surface area contributed by atoms with E-state index in [4.69, 9.17) is 10.5 Å². The van der Waals surface area contributed by atoms with Gasteiger partial charge in [0, 0.05) is 23.3 Å². The summed E-state index contributed by atoms with van der Waals surface area (Å²) in [7, 11) is 0. The summed E-state index contributed by atoms with van der Waals surface area (Å²) in [5.74, 6) is -0.316. The predicted octanol–water partition coefficient (Wildman–Crippen LogP) is 3.80. The highest BCUT2D eigenvalue weighted by atomic mass is 19.4. The van der Waals surface area contributed by atoms with Crippen LogP contribution in [0, 0.1) is 0 Å². The van der Waals surface area contributed by atoms with Crippen molar-refractivity contribution in [2.24, 2.45) is 0 Å². The standard InChI is InChI=1S/C24H18F3N5O3/c25-24(26,27)20-6-4-14(9-30-20)23(34)32(19-2-1-7-29-22(19)33)10-13-3-5-15-16-11-35-12-17(16)21(28)31-18(15)8-13/h1-9H,10-12H2,(H2,28,31)(H,29,33). The molecule has 3 aromatic heterocycles. The van der Waals surface area contributed by atoms with Gasteiger partial charge in [-0.3, -0.25) is 19.5 Å². The molecular weight excluding hydrogens is 463 g/mol. The van der Waals surface area contributed by atoms with E-state index in [9.17, 15) is 22.8 Å². The Kier molecular flexibility index (Phi) is 5.48. The van der Waals surface area contributed by atoms with E-state index in [1.165, 1.54) is 17.2 Å². The van der Waals surface area contributed by atoms with Crippen molar-refractivity contribution < 1.29 is 22.7 Å². The first kappa shape index (κ1) is 22.5. The number of anilines is 2. The van der Waals surface area contributed by atoms with Gasteiger partial charge in [0.15, 0.2) is 0 Å². The summed E-state index contributed by atoms with van der Waals surface area (Å²) in [5, 5.41) is 0.873. The molecule has 1 aliphatic heterocycles. The highest BCUT2D eigenvalue weighted by Gasteiger charge is 2.32. The third kappa shape index (κ3) is 4.21. The molecule has 5 rings (SSSR count). The largest absolute Gasteiger partial charge is 0.433 e. The fourth-order valence-electron chi connectivity index (χ4n) is 4.04. The van der Waals surface area contributed by atoms with Crippen molar-refractivity contribution >= 4 is 28.3 Å². The molecule has 0 saturated heterocycles. The van der Waals surface area contributed by atoms with Crippen LogP contribution >= 0.6 is 0 Å². The van der Waals surface area contributed by atoms with E-state index < -0.39 is 23.3 Å². The highest BCUT2D eigenvalue weighted by molar-refractivity contribution is 6.05. The molecule has 0 fully saturated rings. The minimum absolute atomic E-state index is 0.0346. The Hall–Kier alpha value is -4.25. The van der Waals surface area contributed by atoms with Crippen LogP contribution in [-0.2, 0) is 30.7 Å². The molecule has 0 aliphatic carbocycles. The number of aromatic amines is 1. The average Bonchev–Trinajstić information content (AvgIpc) is 3.33. The Balaban J connectivity index is 1.54. The lowest BCUT2D eigenvalue weighted by Gasteiger charge is -2.22. The van der Waals surface area contributed by atoms with Crippen LogP contribution in [0.1, 0.15) is 32.7 Å². The molecule has 0 spiro atoms. The number of aromatic nitrogens is 3. The zero-order chi connectivity index (χ0) is 24.7. The number of carbonyl (C=O) groups excluding carboxylic acids is 1. The lowest BCUT2D eigenvalue weighted by Crippen LogP contribution is -2.34. The van der Waals surface area contributed by atoms with Crippen LogP contribution in [0.15, 0.2) is 59.7 Å². The van der Waals surface area contributed by atoms with E-state index in [0.717, 1.165) is 34.8 Å². The second-order valence-corrected chi connectivity index (χ2v) is 8.00. The minimum atomic E-state index is -4.64. The summed E-state index contributed by atoms with van der Waals surface area (Å²) in [6.45, 7) is 0.771. The van der Waals surface area contributed by atoms with Crippen molar-refractivity contribution in [3.8, 4) is 0 Å². The highest BCUT2D eigenvalue weighted by Crippen LogP contribution is 2.32. The van der Waals surface area contributed by atoms with Crippen molar-refractivity contribution in [2.75, 3.05) is 10.6 Å². The quantitative estimate of drug-likeness (QED) is 0.458. The number of ether oxygens (including phenoxy) is 1. The first-order chi connectivity index (χ1) is 16.7. The van der Waals surface area contributed by atoms with Crippen LogP contribution in [0.4, 0.5) is 24.7 Å². The number of rotatable bonds is 4. The molecule has 0 unspecified atom stereocenters. The fraction of sp³-hybridized carbons (Fsp3) is 0.167. The van der Waals surface area contributed by atoms with Gasteiger partial charge < -0.3 is 15.5 Å². The topological polar surface area (TPSA) is 114 Å². The summed E-state index contributed by atoms with van der Waals surface area (Å²) >= 11 is 0. The van der Waals surface area contributed by atoms with Crippen LogP contribution in [0.2, 0.25) is 0 Å². The molecule has 11 heteroatoms. The lowest BCUT2D eigenvalue weighted by molar-refractivity contribution is -0.141. The maximum Gasteiger partial charge on any atom is 0.433 e. The second-order valence-electron chi connectivity index (χ2n) is 8.00. The summed E-state index contributed by atoms with van der Waals surface area (Å²) in [5.41, 5.74) is 7.43. The van der Waals surface area contributed by atoms with Gasteiger partial charge in [-0.2, -0.15) is 13.2 Å². The lowest BCUT2D eigenvalue weighted by atomic mass is 10.0. The van der Waals surface area contributed by atoms with Crippen LogP contribution < -0.4 is 16.2 Å². The molecule has 0 atom stereocenters. The molecule has 4 heterocycles. The van der Waals surface area contributed by atoms with Crippen molar-refractivity contribution in [1.29, 1.82) is 0 Å². The Morgan fingerprint density at radius 1 is 1.14 bits per heavy atom. The van der Waals surface area contributed by atoms with Crippen LogP contribution in [0.3, 0.4) is 0 Å². The molecule has 0 radical (unpaired) electrons. The number of amides is 1. The monoisotopic (exact) mass is 481 g/mol. The van der Waals surface area contributed by atoms with Gasteiger partial charge in [0.05, 0.1) is 30.8 Å². The summed E-state index contributed by atoms with van der Waals surface area (Å²) < 4.78 is 44.2. The first-order valence-electron chi connectivity index (χ1n) is 10.5. The fourth-order valence-corrected chi connectivity index (χ4v) is 4.04. The number of nitrogens with zero attached hydrogens (tertiary/aromatic N) is 3. The first-order valence-corrected chi connectivity index (χ1v) is 10.5. The number of nitrogen functional groups attached to an aromatic ring is 1. The van der Waals surface area contributed by atoms with Crippen LogP contribution in [-0.4, -0.2) is 20.9 Å². The van der Waals surface area contributed by atoms with E-state index in [2.05, 4.69) is 15.0 Å². The Morgan fingerprint density at radius 2 is 1.94 bits per heavy atom. The molecule has 0 saturated carbocycles. The Bertz CT molecular complexity index is 1500. The average molecular weight is 481 g/mol. The van der Waals surface area contributed by atoms with Gasteiger partial charge in [-0.05, 0) is 41.5 Å². The van der Waals surface area contributed by atoms with Gasteiger partial charge in [0.25, 0.3) is 11.5 Å². The van der Waals surface area contributed by atoms with Crippen LogP contribution in [0.25, 0.3) is 10.9 Å². The molecule has 1 amide bonds. The third-order valence-electron chi connectivity index (χ3n) is 5.77. The zero-order valence-corrected chi connectivity index (χ0v) is 18.1. The van der Waals surface area contributed by atoms with Gasteiger partial charge in [0.2, 0.25) is 0 Å². The normalized spacial score (nSPS) is 13.1. The second kappa shape index (κ2) is 8.51. The molecular formula is C24H18F3N5O3. The number of halogens is 3. The number of pyridine rings is 3. The SMILES string of the molecule is Nc1nc2cc(CN(C(=O)c3ccc(C(F)(F)F)nc3)c3ccc[nH]c3=O)ccc2c2c1COC2. The van der Waals surface area contributed by atoms with Crippen LogP contribution in [0.5, 0.6) is 0 Å².